The highest BCUT2D eigenvalue weighted by atomic mass is 19.1. The summed E-state index contributed by atoms with van der Waals surface area (Å²) in [5.41, 5.74) is 2.05. The van der Waals surface area contributed by atoms with Crippen molar-refractivity contribution in [3.8, 4) is 11.1 Å². The smallest absolute Gasteiger partial charge is 0.123 e. The van der Waals surface area contributed by atoms with Gasteiger partial charge in [-0.1, -0.05) is 18.6 Å². The molecule has 1 saturated heterocycles. The highest BCUT2D eigenvalue weighted by Gasteiger charge is 2.10. The molecule has 2 heterocycles. The predicted molar refractivity (Wildman–Crippen MR) is 77.9 cm³/mol. The quantitative estimate of drug-likeness (QED) is 0.853. The van der Waals surface area contributed by atoms with Crippen LogP contribution in [0.4, 0.5) is 4.39 Å². The molecule has 1 aromatic heterocycles. The average Bonchev–Trinajstić information content (AvgIpc) is 2.96. The maximum atomic E-state index is 12.9. The van der Waals surface area contributed by atoms with Gasteiger partial charge in [0, 0.05) is 18.3 Å². The summed E-state index contributed by atoms with van der Waals surface area (Å²) >= 11 is 0. The fourth-order valence-electron chi connectivity index (χ4n) is 2.70. The molecule has 0 N–H and O–H groups in total. The van der Waals surface area contributed by atoms with Gasteiger partial charge in [0.05, 0.1) is 12.7 Å². The molecule has 4 heteroatoms. The van der Waals surface area contributed by atoms with E-state index in [-0.39, 0.29) is 5.82 Å². The molecule has 0 aliphatic carbocycles. The molecule has 0 amide bonds. The van der Waals surface area contributed by atoms with Gasteiger partial charge in [0.15, 0.2) is 0 Å². The molecule has 1 aliphatic rings. The van der Waals surface area contributed by atoms with Crippen molar-refractivity contribution in [2.45, 2.75) is 25.8 Å². The minimum atomic E-state index is -0.203. The van der Waals surface area contributed by atoms with Crippen LogP contribution in [0.25, 0.3) is 11.1 Å². The topological polar surface area (TPSA) is 21.1 Å². The maximum absolute atomic E-state index is 12.9. The molecule has 1 aromatic carbocycles. The van der Waals surface area contributed by atoms with Crippen LogP contribution in [0.5, 0.6) is 0 Å². The number of piperidine rings is 1. The Morgan fingerprint density at radius 1 is 0.950 bits per heavy atom. The van der Waals surface area contributed by atoms with E-state index >= 15 is 0 Å². The van der Waals surface area contributed by atoms with E-state index in [4.69, 9.17) is 0 Å². The largest absolute Gasteiger partial charge is 0.301 e. The Morgan fingerprint density at radius 3 is 2.45 bits per heavy atom. The van der Waals surface area contributed by atoms with Crippen LogP contribution < -0.4 is 0 Å². The van der Waals surface area contributed by atoms with Gasteiger partial charge in [-0.25, -0.2) is 4.39 Å². The number of hydrogen-bond donors (Lipinski definition) is 0. The third-order valence-corrected chi connectivity index (χ3v) is 3.90. The van der Waals surface area contributed by atoms with Crippen molar-refractivity contribution >= 4 is 0 Å². The highest BCUT2D eigenvalue weighted by molar-refractivity contribution is 5.61. The monoisotopic (exact) mass is 273 g/mol. The second-order valence-corrected chi connectivity index (χ2v) is 5.40. The lowest BCUT2D eigenvalue weighted by atomic mass is 10.1. The van der Waals surface area contributed by atoms with Gasteiger partial charge in [0.1, 0.15) is 5.82 Å². The zero-order valence-corrected chi connectivity index (χ0v) is 11.6. The number of nitrogens with zero attached hydrogens (tertiary/aromatic N) is 3. The summed E-state index contributed by atoms with van der Waals surface area (Å²) in [5, 5.41) is 4.40. The zero-order chi connectivity index (χ0) is 13.8. The first kappa shape index (κ1) is 13.3. The molecule has 1 fully saturated rings. The van der Waals surface area contributed by atoms with E-state index in [0.717, 1.165) is 24.2 Å². The molecule has 0 saturated carbocycles. The van der Waals surface area contributed by atoms with Crippen LogP contribution in [-0.2, 0) is 6.54 Å². The van der Waals surface area contributed by atoms with Crippen LogP contribution in [-0.4, -0.2) is 34.3 Å². The molecular weight excluding hydrogens is 253 g/mol. The van der Waals surface area contributed by atoms with Crippen molar-refractivity contribution in [2.75, 3.05) is 19.6 Å². The van der Waals surface area contributed by atoms with Gasteiger partial charge in [-0.05, 0) is 43.6 Å². The number of rotatable bonds is 4. The van der Waals surface area contributed by atoms with Gasteiger partial charge in [0.2, 0.25) is 0 Å². The summed E-state index contributed by atoms with van der Waals surface area (Å²) in [6.07, 6.45) is 7.90. The van der Waals surface area contributed by atoms with Crippen LogP contribution in [0, 0.1) is 5.82 Å². The van der Waals surface area contributed by atoms with Gasteiger partial charge in [-0.3, -0.25) is 4.68 Å². The molecule has 0 bridgehead atoms. The molecule has 20 heavy (non-hydrogen) atoms. The van der Waals surface area contributed by atoms with Crippen LogP contribution in [0.15, 0.2) is 36.7 Å². The fourth-order valence-corrected chi connectivity index (χ4v) is 2.70. The van der Waals surface area contributed by atoms with Gasteiger partial charge >= 0.3 is 0 Å². The molecule has 0 unspecified atom stereocenters. The predicted octanol–water partition coefficient (Wildman–Crippen LogP) is 3.18. The second kappa shape index (κ2) is 6.18. The van der Waals surface area contributed by atoms with E-state index in [1.165, 1.54) is 44.5 Å². The first-order valence-corrected chi connectivity index (χ1v) is 7.32. The standard InChI is InChI=1S/C16H20FN3/c17-16-6-4-14(5-7-16)15-12-18-20(13-15)11-10-19-8-2-1-3-9-19/h4-7,12-13H,1-3,8-11H2. The Bertz CT molecular complexity index is 541. The normalized spacial score (nSPS) is 16.4. The summed E-state index contributed by atoms with van der Waals surface area (Å²) < 4.78 is 14.9. The molecule has 3 nitrogen and oxygen atoms in total. The molecular formula is C16H20FN3. The van der Waals surface area contributed by atoms with E-state index in [1.807, 2.05) is 17.1 Å². The summed E-state index contributed by atoms with van der Waals surface area (Å²) in [6, 6.07) is 6.56. The van der Waals surface area contributed by atoms with Gasteiger partial charge in [-0.2, -0.15) is 5.10 Å². The number of aromatic nitrogens is 2. The Morgan fingerprint density at radius 2 is 1.70 bits per heavy atom. The summed E-state index contributed by atoms with van der Waals surface area (Å²) in [6.45, 7) is 4.41. The van der Waals surface area contributed by atoms with Crippen molar-refractivity contribution in [1.29, 1.82) is 0 Å². The Hall–Kier alpha value is -1.68. The highest BCUT2D eigenvalue weighted by Crippen LogP contribution is 2.18. The van der Waals surface area contributed by atoms with E-state index in [0.29, 0.717) is 0 Å². The fraction of sp³-hybridized carbons (Fsp3) is 0.438. The number of hydrogen-bond acceptors (Lipinski definition) is 2. The van der Waals surface area contributed by atoms with Crippen LogP contribution in [0.3, 0.4) is 0 Å². The van der Waals surface area contributed by atoms with Gasteiger partial charge < -0.3 is 4.90 Å². The minimum absolute atomic E-state index is 0.203. The summed E-state index contributed by atoms with van der Waals surface area (Å²) in [7, 11) is 0. The second-order valence-electron chi connectivity index (χ2n) is 5.40. The maximum Gasteiger partial charge on any atom is 0.123 e. The van der Waals surface area contributed by atoms with Crippen molar-refractivity contribution in [2.24, 2.45) is 0 Å². The molecule has 3 rings (SSSR count). The zero-order valence-electron chi connectivity index (χ0n) is 11.6. The lowest BCUT2D eigenvalue weighted by Crippen LogP contribution is -2.32. The molecule has 0 atom stereocenters. The van der Waals surface area contributed by atoms with E-state index in [2.05, 4.69) is 10.00 Å². The molecule has 0 radical (unpaired) electrons. The SMILES string of the molecule is Fc1ccc(-c2cnn(CCN3CCCCC3)c2)cc1. The number of likely N-dealkylation sites (tertiary alicyclic amines) is 1. The Labute approximate surface area is 119 Å². The third-order valence-electron chi connectivity index (χ3n) is 3.90. The average molecular weight is 273 g/mol. The van der Waals surface area contributed by atoms with Crippen molar-refractivity contribution in [1.82, 2.24) is 14.7 Å². The third kappa shape index (κ3) is 3.25. The number of halogens is 1. The molecule has 106 valence electrons. The molecule has 1 aliphatic heterocycles. The summed E-state index contributed by atoms with van der Waals surface area (Å²) in [5.74, 6) is -0.203. The van der Waals surface area contributed by atoms with E-state index in [1.54, 1.807) is 12.1 Å². The lowest BCUT2D eigenvalue weighted by molar-refractivity contribution is 0.218. The van der Waals surface area contributed by atoms with Crippen LogP contribution in [0.1, 0.15) is 19.3 Å². The molecule has 0 spiro atoms. The molecule has 2 aromatic rings. The van der Waals surface area contributed by atoms with Crippen LogP contribution >= 0.6 is 0 Å². The van der Waals surface area contributed by atoms with Gasteiger partial charge in [0.25, 0.3) is 0 Å². The number of benzene rings is 1. The first-order chi connectivity index (χ1) is 9.81. The van der Waals surface area contributed by atoms with Crippen molar-refractivity contribution in [3.63, 3.8) is 0 Å². The summed E-state index contributed by atoms with van der Waals surface area (Å²) in [4.78, 5) is 2.50. The van der Waals surface area contributed by atoms with Crippen molar-refractivity contribution < 1.29 is 4.39 Å². The Balaban J connectivity index is 1.60. The van der Waals surface area contributed by atoms with Gasteiger partial charge in [-0.15, -0.1) is 0 Å². The lowest BCUT2D eigenvalue weighted by Gasteiger charge is -2.26. The van der Waals surface area contributed by atoms with E-state index < -0.39 is 0 Å². The van der Waals surface area contributed by atoms with Crippen molar-refractivity contribution in [3.05, 3.63) is 42.5 Å². The van der Waals surface area contributed by atoms with E-state index in [9.17, 15) is 4.39 Å². The Kier molecular flexibility index (Phi) is 4.11. The van der Waals surface area contributed by atoms with Crippen LogP contribution in [0.2, 0.25) is 0 Å². The first-order valence-electron chi connectivity index (χ1n) is 7.32. The minimum Gasteiger partial charge on any atom is -0.301 e.